The highest BCUT2D eigenvalue weighted by molar-refractivity contribution is 6.11. The van der Waals surface area contributed by atoms with Crippen molar-refractivity contribution >= 4 is 22.6 Å². The zero-order valence-corrected chi connectivity index (χ0v) is 14.5. The number of rotatable bonds is 3. The predicted octanol–water partition coefficient (Wildman–Crippen LogP) is 3.05. The molecule has 0 saturated heterocycles. The van der Waals surface area contributed by atoms with E-state index in [1.165, 1.54) is 10.8 Å². The van der Waals surface area contributed by atoms with E-state index in [-0.39, 0.29) is 34.0 Å². The van der Waals surface area contributed by atoms with E-state index < -0.39 is 11.7 Å². The summed E-state index contributed by atoms with van der Waals surface area (Å²) in [5.41, 5.74) is 14.2. The number of nitrogens with two attached hydrogens (primary N) is 2. The monoisotopic (exact) mass is 354 g/mol. The second-order valence-electron chi connectivity index (χ2n) is 6.83. The second kappa shape index (κ2) is 5.45. The third-order valence-electron chi connectivity index (χ3n) is 5.05. The van der Waals surface area contributed by atoms with Crippen LogP contribution in [-0.2, 0) is 0 Å². The molecule has 0 atom stereocenters. The maximum absolute atomic E-state index is 15.4. The molecule has 0 unspecified atom stereocenters. The number of aromatic nitrogens is 2. The predicted molar refractivity (Wildman–Crippen MR) is 97.1 cm³/mol. The van der Waals surface area contributed by atoms with Crippen molar-refractivity contribution in [1.29, 1.82) is 0 Å². The lowest BCUT2D eigenvalue weighted by atomic mass is 10.1. The fourth-order valence-corrected chi connectivity index (χ4v) is 3.56. The van der Waals surface area contributed by atoms with E-state index in [2.05, 4.69) is 4.98 Å². The van der Waals surface area contributed by atoms with E-state index in [4.69, 9.17) is 11.5 Å². The summed E-state index contributed by atoms with van der Waals surface area (Å²) in [4.78, 5) is 16.2. The molecule has 1 aromatic carbocycles. The van der Waals surface area contributed by atoms with Gasteiger partial charge in [0.05, 0.1) is 22.5 Å². The lowest BCUT2D eigenvalue weighted by Gasteiger charge is -2.16. The van der Waals surface area contributed by atoms with Crippen LogP contribution >= 0.6 is 0 Å². The summed E-state index contributed by atoms with van der Waals surface area (Å²) < 4.78 is 16.8. The van der Waals surface area contributed by atoms with Crippen LogP contribution in [0.1, 0.15) is 45.9 Å². The van der Waals surface area contributed by atoms with E-state index >= 15 is 4.39 Å². The first-order chi connectivity index (χ1) is 12.3. The first-order valence-electron chi connectivity index (χ1n) is 8.40. The van der Waals surface area contributed by atoms with Crippen molar-refractivity contribution in [1.82, 2.24) is 9.55 Å². The van der Waals surface area contributed by atoms with Crippen molar-refractivity contribution in [3.8, 4) is 11.4 Å². The smallest absolute Gasteiger partial charge is 0.253 e. The number of hydrogen-bond acceptors (Lipinski definition) is 4. The Hall–Kier alpha value is -3.09. The average molecular weight is 354 g/mol. The van der Waals surface area contributed by atoms with Crippen molar-refractivity contribution in [3.05, 3.63) is 46.5 Å². The van der Waals surface area contributed by atoms with Crippen molar-refractivity contribution in [2.45, 2.75) is 32.6 Å². The number of aryl methyl sites for hydroxylation is 1. The molecular weight excluding hydrogens is 335 g/mol. The van der Waals surface area contributed by atoms with Gasteiger partial charge >= 0.3 is 0 Å². The first-order valence-corrected chi connectivity index (χ1v) is 8.40. The van der Waals surface area contributed by atoms with Crippen molar-refractivity contribution in [2.75, 3.05) is 5.73 Å². The van der Waals surface area contributed by atoms with Crippen LogP contribution in [0.25, 0.3) is 16.6 Å². The Labute approximate surface area is 149 Å². The minimum absolute atomic E-state index is 0.0379. The number of fused-ring (bicyclic) bond motifs is 1. The summed E-state index contributed by atoms with van der Waals surface area (Å²) in [5.74, 6) is -1.05. The van der Waals surface area contributed by atoms with Gasteiger partial charge in [-0.05, 0) is 38.3 Å². The molecule has 2 aromatic heterocycles. The summed E-state index contributed by atoms with van der Waals surface area (Å²) in [5, 5.41) is 10.4. The molecule has 1 aliphatic rings. The molecule has 26 heavy (non-hydrogen) atoms. The number of hydrogen-bond donors (Lipinski definition) is 3. The van der Waals surface area contributed by atoms with Gasteiger partial charge in [-0.1, -0.05) is 6.07 Å². The normalized spacial score (nSPS) is 14.1. The standard InChI is InChI=1S/C19H19FN4O2/c1-8-3-6-12(25)9(2)16(8)24-17-11(13(18(24)21)19(22)26)7-23-15(14(17)20)10-4-5-10/h3,6-7,10,25H,4-5,21H2,1-2H3,(H2,22,26). The highest BCUT2D eigenvalue weighted by Gasteiger charge is 2.32. The SMILES string of the molecule is Cc1ccc(O)c(C)c1-n1c(N)c(C(N)=O)c2cnc(C3CC3)c(F)c21. The van der Waals surface area contributed by atoms with Gasteiger partial charge in [-0.2, -0.15) is 0 Å². The molecule has 7 heteroatoms. The largest absolute Gasteiger partial charge is 0.508 e. The molecule has 0 radical (unpaired) electrons. The molecule has 0 spiro atoms. The molecule has 5 N–H and O–H groups in total. The quantitative estimate of drug-likeness (QED) is 0.672. The lowest BCUT2D eigenvalue weighted by molar-refractivity contribution is 0.100. The minimum atomic E-state index is -0.748. The number of phenols is 1. The molecule has 134 valence electrons. The molecular formula is C19H19FN4O2. The number of carbonyl (C=O) groups excluding carboxylic acids is 1. The van der Waals surface area contributed by atoms with Crippen molar-refractivity contribution in [2.24, 2.45) is 5.73 Å². The van der Waals surface area contributed by atoms with Crippen molar-refractivity contribution in [3.63, 3.8) is 0 Å². The topological polar surface area (TPSA) is 107 Å². The highest BCUT2D eigenvalue weighted by Crippen LogP contribution is 2.44. The van der Waals surface area contributed by atoms with Crippen LogP contribution in [0.5, 0.6) is 5.75 Å². The molecule has 6 nitrogen and oxygen atoms in total. The van der Waals surface area contributed by atoms with Gasteiger partial charge in [0.25, 0.3) is 5.91 Å². The van der Waals surface area contributed by atoms with Gasteiger partial charge in [-0.25, -0.2) is 4.39 Å². The number of nitrogen functional groups attached to an aromatic ring is 1. The van der Waals surface area contributed by atoms with Gasteiger partial charge in [-0.3, -0.25) is 14.3 Å². The Balaban J connectivity index is 2.19. The summed E-state index contributed by atoms with van der Waals surface area (Å²) >= 11 is 0. The van der Waals surface area contributed by atoms with Crippen LogP contribution in [0.3, 0.4) is 0 Å². The summed E-state index contributed by atoms with van der Waals surface area (Å²) in [6, 6.07) is 3.28. The van der Waals surface area contributed by atoms with Gasteiger partial charge in [0.1, 0.15) is 11.6 Å². The maximum Gasteiger partial charge on any atom is 0.253 e. The number of aromatic hydroxyl groups is 1. The van der Waals surface area contributed by atoms with Gasteiger partial charge in [0, 0.05) is 23.1 Å². The summed E-state index contributed by atoms with van der Waals surface area (Å²) in [7, 11) is 0. The Morgan fingerprint density at radius 2 is 2.04 bits per heavy atom. The van der Waals surface area contributed by atoms with Gasteiger partial charge in [0.2, 0.25) is 0 Å². The van der Waals surface area contributed by atoms with Crippen LogP contribution in [0.4, 0.5) is 10.2 Å². The number of anilines is 1. The molecule has 0 bridgehead atoms. The second-order valence-corrected chi connectivity index (χ2v) is 6.83. The number of primary amides is 1. The van der Waals surface area contributed by atoms with Crippen LogP contribution in [0.15, 0.2) is 18.3 Å². The maximum atomic E-state index is 15.4. The van der Waals surface area contributed by atoms with Crippen LogP contribution < -0.4 is 11.5 Å². The number of phenolic OH excluding ortho intramolecular Hbond substituents is 1. The number of halogens is 1. The Kier molecular flexibility index (Phi) is 3.44. The summed E-state index contributed by atoms with van der Waals surface area (Å²) in [6.45, 7) is 3.55. The highest BCUT2D eigenvalue weighted by atomic mass is 19.1. The van der Waals surface area contributed by atoms with Crippen molar-refractivity contribution < 1.29 is 14.3 Å². The third-order valence-corrected chi connectivity index (χ3v) is 5.05. The Morgan fingerprint density at radius 3 is 2.65 bits per heavy atom. The zero-order chi connectivity index (χ0) is 18.7. The summed E-state index contributed by atoms with van der Waals surface area (Å²) in [6.07, 6.45) is 3.24. The van der Waals surface area contributed by atoms with Gasteiger partial charge in [0.15, 0.2) is 5.82 Å². The van der Waals surface area contributed by atoms with E-state index in [1.807, 2.05) is 6.92 Å². The molecule has 0 aliphatic heterocycles. The fourth-order valence-electron chi connectivity index (χ4n) is 3.56. The number of carbonyl (C=O) groups is 1. The van der Waals surface area contributed by atoms with Crippen LogP contribution in [0, 0.1) is 19.7 Å². The average Bonchev–Trinajstić information content (AvgIpc) is 3.36. The molecule has 1 aliphatic carbocycles. The number of nitrogens with zero attached hydrogens (tertiary/aromatic N) is 2. The number of pyridine rings is 1. The zero-order valence-electron chi connectivity index (χ0n) is 14.5. The fraction of sp³-hybridized carbons (Fsp3) is 0.263. The number of benzene rings is 1. The van der Waals surface area contributed by atoms with Gasteiger partial charge in [-0.15, -0.1) is 0 Å². The molecule has 3 aromatic rings. The lowest BCUT2D eigenvalue weighted by Crippen LogP contribution is -2.14. The first kappa shape index (κ1) is 16.4. The Bertz CT molecular complexity index is 1080. The molecule has 4 rings (SSSR count). The molecule has 2 heterocycles. The minimum Gasteiger partial charge on any atom is -0.508 e. The van der Waals surface area contributed by atoms with E-state index in [0.717, 1.165) is 18.4 Å². The van der Waals surface area contributed by atoms with Gasteiger partial charge < -0.3 is 16.6 Å². The molecule has 1 saturated carbocycles. The Morgan fingerprint density at radius 1 is 1.35 bits per heavy atom. The molecule has 1 amide bonds. The van der Waals surface area contributed by atoms with Crippen LogP contribution in [-0.4, -0.2) is 20.6 Å². The van der Waals surface area contributed by atoms with E-state index in [1.54, 1.807) is 19.1 Å². The van der Waals surface area contributed by atoms with Crippen LogP contribution in [0.2, 0.25) is 0 Å². The van der Waals surface area contributed by atoms with E-state index in [0.29, 0.717) is 16.9 Å². The molecule has 1 fully saturated rings. The van der Waals surface area contributed by atoms with E-state index in [9.17, 15) is 9.90 Å². The third kappa shape index (κ3) is 2.16. The number of amides is 1.